The molecule has 6 nitrogen and oxygen atoms in total. The number of halogens is 3. The highest BCUT2D eigenvalue weighted by molar-refractivity contribution is 5.88. The molecule has 2 fully saturated rings. The first-order valence-electron chi connectivity index (χ1n) is 11.4. The van der Waals surface area contributed by atoms with Gasteiger partial charge in [0.2, 0.25) is 0 Å². The summed E-state index contributed by atoms with van der Waals surface area (Å²) >= 11 is 0. The lowest BCUT2D eigenvalue weighted by atomic mass is 9.82. The van der Waals surface area contributed by atoms with Crippen molar-refractivity contribution in [3.8, 4) is 0 Å². The van der Waals surface area contributed by atoms with Crippen molar-refractivity contribution in [1.82, 2.24) is 19.9 Å². The molecule has 174 valence electrons. The fourth-order valence-electron chi connectivity index (χ4n) is 6.05. The van der Waals surface area contributed by atoms with Gasteiger partial charge in [-0.25, -0.2) is 9.97 Å². The Morgan fingerprint density at radius 1 is 1.12 bits per heavy atom. The van der Waals surface area contributed by atoms with Gasteiger partial charge in [0.1, 0.15) is 23.5 Å². The first-order valence-corrected chi connectivity index (χ1v) is 11.4. The molecule has 2 saturated heterocycles. The van der Waals surface area contributed by atoms with Crippen LogP contribution in [0.5, 0.6) is 0 Å². The third kappa shape index (κ3) is 3.49. The van der Waals surface area contributed by atoms with Gasteiger partial charge in [-0.15, -0.1) is 0 Å². The maximum absolute atomic E-state index is 13.4. The summed E-state index contributed by atoms with van der Waals surface area (Å²) in [4.78, 5) is 15.6. The van der Waals surface area contributed by atoms with E-state index < -0.39 is 11.9 Å². The van der Waals surface area contributed by atoms with E-state index in [-0.39, 0.29) is 17.7 Å². The molecule has 0 amide bonds. The molecule has 2 aromatic heterocycles. The molecule has 6 rings (SSSR count). The smallest absolute Gasteiger partial charge is 0.381 e. The van der Waals surface area contributed by atoms with E-state index in [0.29, 0.717) is 23.0 Å². The summed E-state index contributed by atoms with van der Waals surface area (Å²) in [5, 5.41) is 0.390. The van der Waals surface area contributed by atoms with Gasteiger partial charge in [-0.2, -0.15) is 13.2 Å². The molecule has 2 unspecified atom stereocenters. The summed E-state index contributed by atoms with van der Waals surface area (Å²) < 4.78 is 45.8. The Morgan fingerprint density at radius 3 is 2.64 bits per heavy atom. The second kappa shape index (κ2) is 7.70. The number of aryl methyl sites for hydroxylation is 1. The van der Waals surface area contributed by atoms with Gasteiger partial charge in [-0.3, -0.25) is 4.90 Å². The minimum Gasteiger partial charge on any atom is -0.381 e. The number of benzene rings is 1. The quantitative estimate of drug-likeness (QED) is 0.643. The van der Waals surface area contributed by atoms with E-state index in [1.54, 1.807) is 0 Å². The number of fused-ring (bicyclic) bond motifs is 3. The Balaban J connectivity index is 1.42. The monoisotopic (exact) mass is 457 g/mol. The fraction of sp³-hybridized carbons (Fsp3) is 0.500. The molecule has 4 heterocycles. The summed E-state index contributed by atoms with van der Waals surface area (Å²) in [5.41, 5.74) is 1.92. The van der Waals surface area contributed by atoms with Gasteiger partial charge in [0.05, 0.1) is 24.6 Å². The number of nitrogens with zero attached hydrogens (tertiary/aromatic N) is 4. The minimum atomic E-state index is -4.47. The van der Waals surface area contributed by atoms with Gasteiger partial charge < -0.3 is 14.6 Å². The van der Waals surface area contributed by atoms with Gasteiger partial charge in [0.25, 0.3) is 0 Å². The Morgan fingerprint density at radius 2 is 1.88 bits per heavy atom. The van der Waals surface area contributed by atoms with Crippen LogP contribution in [0.15, 0.2) is 36.7 Å². The first kappa shape index (κ1) is 20.9. The van der Waals surface area contributed by atoms with Crippen molar-refractivity contribution in [3.63, 3.8) is 0 Å². The van der Waals surface area contributed by atoms with Gasteiger partial charge in [0, 0.05) is 38.0 Å². The third-order valence-electron chi connectivity index (χ3n) is 7.65. The van der Waals surface area contributed by atoms with Crippen LogP contribution in [-0.2, 0) is 17.3 Å². The standard InChI is InChI=1S/C24H26F3N5O/c1-31(23-18-8-20(24(25,26)27)30-22(18)28-13-29-23)21-17-5-3-2-4-14(17)6-7-19(21)32-9-15-11-33-12-16(15)10-32/h2-5,8,13,15-16,19,21H,6-7,9-12H2,1H3,(H,28,29,30)/t15-,16+,19?,21?. The molecule has 0 bridgehead atoms. The molecule has 3 aliphatic rings. The van der Waals surface area contributed by atoms with Crippen LogP contribution < -0.4 is 4.90 Å². The van der Waals surface area contributed by atoms with E-state index in [1.807, 2.05) is 13.1 Å². The third-order valence-corrected chi connectivity index (χ3v) is 7.65. The van der Waals surface area contributed by atoms with Gasteiger partial charge >= 0.3 is 6.18 Å². The number of ether oxygens (including phenoxy) is 1. The zero-order valence-corrected chi connectivity index (χ0v) is 18.3. The molecule has 9 heteroatoms. The van der Waals surface area contributed by atoms with Crippen LogP contribution in [0.3, 0.4) is 0 Å². The molecular weight excluding hydrogens is 431 g/mol. The highest BCUT2D eigenvalue weighted by atomic mass is 19.4. The number of nitrogens with one attached hydrogen (secondary N) is 1. The van der Waals surface area contributed by atoms with Crippen LogP contribution in [0.2, 0.25) is 0 Å². The van der Waals surface area contributed by atoms with Gasteiger partial charge in [-0.05, 0) is 30.0 Å². The number of alkyl halides is 3. The molecule has 0 radical (unpaired) electrons. The average molecular weight is 458 g/mol. The average Bonchev–Trinajstić information content (AvgIpc) is 3.51. The molecule has 0 saturated carbocycles. The van der Waals surface area contributed by atoms with E-state index in [4.69, 9.17) is 4.74 Å². The zero-order valence-electron chi connectivity index (χ0n) is 18.3. The summed E-state index contributed by atoms with van der Waals surface area (Å²) in [7, 11) is 1.95. The summed E-state index contributed by atoms with van der Waals surface area (Å²) in [6.07, 6.45) is -1.13. The molecule has 2 aliphatic heterocycles. The van der Waals surface area contributed by atoms with Crippen molar-refractivity contribution < 1.29 is 17.9 Å². The lowest BCUT2D eigenvalue weighted by Crippen LogP contribution is -2.47. The van der Waals surface area contributed by atoms with Crippen LogP contribution in [0.1, 0.15) is 29.3 Å². The molecule has 1 N–H and O–H groups in total. The zero-order chi connectivity index (χ0) is 22.7. The maximum atomic E-state index is 13.4. The molecule has 1 aliphatic carbocycles. The topological polar surface area (TPSA) is 57.3 Å². The van der Waals surface area contributed by atoms with Crippen molar-refractivity contribution in [2.75, 3.05) is 38.3 Å². The fourth-order valence-corrected chi connectivity index (χ4v) is 6.05. The van der Waals surface area contributed by atoms with Crippen molar-refractivity contribution in [2.45, 2.75) is 31.1 Å². The van der Waals surface area contributed by atoms with Crippen molar-refractivity contribution in [3.05, 3.63) is 53.5 Å². The van der Waals surface area contributed by atoms with E-state index >= 15 is 0 Å². The van der Waals surface area contributed by atoms with Crippen LogP contribution in [-0.4, -0.2) is 59.2 Å². The Labute approximate surface area is 189 Å². The van der Waals surface area contributed by atoms with Crippen molar-refractivity contribution >= 4 is 16.9 Å². The number of rotatable bonds is 3. The van der Waals surface area contributed by atoms with Crippen LogP contribution in [0.25, 0.3) is 11.0 Å². The van der Waals surface area contributed by atoms with Crippen LogP contribution in [0, 0.1) is 11.8 Å². The number of likely N-dealkylation sites (tertiary alicyclic amines) is 1. The highest BCUT2D eigenvalue weighted by Gasteiger charge is 2.44. The summed E-state index contributed by atoms with van der Waals surface area (Å²) in [6, 6.07) is 9.77. The number of H-pyrrole nitrogens is 1. The molecule has 33 heavy (non-hydrogen) atoms. The predicted molar refractivity (Wildman–Crippen MR) is 118 cm³/mol. The molecule has 1 aromatic carbocycles. The number of hydrogen-bond acceptors (Lipinski definition) is 5. The summed E-state index contributed by atoms with van der Waals surface area (Å²) in [5.74, 6) is 1.65. The molecule has 3 aromatic rings. The Bertz CT molecular complexity index is 1170. The summed E-state index contributed by atoms with van der Waals surface area (Å²) in [6.45, 7) is 3.65. The van der Waals surface area contributed by atoms with Gasteiger partial charge in [-0.1, -0.05) is 24.3 Å². The van der Waals surface area contributed by atoms with E-state index in [2.05, 4.69) is 43.0 Å². The minimum absolute atomic E-state index is 0.0166. The lowest BCUT2D eigenvalue weighted by Gasteiger charge is -2.44. The van der Waals surface area contributed by atoms with Crippen LogP contribution in [0.4, 0.5) is 19.0 Å². The number of aromatic nitrogens is 3. The Hall–Kier alpha value is -2.65. The van der Waals surface area contributed by atoms with E-state index in [1.165, 1.54) is 17.5 Å². The van der Waals surface area contributed by atoms with Crippen LogP contribution >= 0.6 is 0 Å². The maximum Gasteiger partial charge on any atom is 0.431 e. The molecule has 0 spiro atoms. The lowest BCUT2D eigenvalue weighted by molar-refractivity contribution is -0.140. The molecule has 4 atom stereocenters. The van der Waals surface area contributed by atoms with Gasteiger partial charge in [0.15, 0.2) is 0 Å². The normalized spacial score (nSPS) is 27.6. The van der Waals surface area contributed by atoms with E-state index in [0.717, 1.165) is 45.2 Å². The van der Waals surface area contributed by atoms with E-state index in [9.17, 15) is 13.2 Å². The highest BCUT2D eigenvalue weighted by Crippen LogP contribution is 2.43. The van der Waals surface area contributed by atoms with Crippen molar-refractivity contribution in [1.29, 1.82) is 0 Å². The molecular formula is C24H26F3N5O. The first-order chi connectivity index (χ1) is 15.9. The van der Waals surface area contributed by atoms with Crippen molar-refractivity contribution in [2.24, 2.45) is 11.8 Å². The predicted octanol–water partition coefficient (Wildman–Crippen LogP) is 4.05. The largest absolute Gasteiger partial charge is 0.431 e. The number of likely N-dealkylation sites (N-methyl/N-ethyl adjacent to an activating group) is 1. The second-order valence-corrected chi connectivity index (χ2v) is 9.51. The number of anilines is 1. The number of hydrogen-bond donors (Lipinski definition) is 1. The SMILES string of the molecule is CN(c1ncnc2[nH]c(C(F)(F)F)cc12)C1c2ccccc2CCC1N1C[C@H]2COC[C@H]2C1. The number of aromatic amines is 1. The Kier molecular flexibility index (Phi) is 4.88. The second-order valence-electron chi connectivity index (χ2n) is 9.51.